The first kappa shape index (κ1) is 19.6. The third-order valence-corrected chi connectivity index (χ3v) is 6.02. The van der Waals surface area contributed by atoms with E-state index in [4.69, 9.17) is 0 Å². The van der Waals surface area contributed by atoms with Gasteiger partial charge in [-0.05, 0) is 68.9 Å². The summed E-state index contributed by atoms with van der Waals surface area (Å²) < 4.78 is 0. The standard InChI is InChI=1S/C21H27N3O2S/c1-3-23(4-2)21(26)16-9-11-17(12-10-16)22-20(25)15-24-13-5-7-18(24)19-8-6-14-27-19/h6,8-12,14,18H,3-5,7,13,15H2,1-2H3,(H,22,25)/t18-/m0/s1. The molecular weight excluding hydrogens is 358 g/mol. The van der Waals surface area contributed by atoms with E-state index in [1.54, 1.807) is 40.5 Å². The molecule has 144 valence electrons. The number of hydrogen-bond donors (Lipinski definition) is 1. The highest BCUT2D eigenvalue weighted by Crippen LogP contribution is 2.34. The summed E-state index contributed by atoms with van der Waals surface area (Å²) in [4.78, 5) is 30.2. The molecule has 2 amide bonds. The van der Waals surface area contributed by atoms with Crippen LogP contribution in [0.25, 0.3) is 0 Å². The second kappa shape index (κ2) is 9.15. The van der Waals surface area contributed by atoms with Gasteiger partial charge in [0, 0.05) is 35.3 Å². The highest BCUT2D eigenvalue weighted by molar-refractivity contribution is 7.10. The zero-order valence-corrected chi connectivity index (χ0v) is 16.8. The van der Waals surface area contributed by atoms with E-state index >= 15 is 0 Å². The van der Waals surface area contributed by atoms with E-state index in [0.717, 1.165) is 25.1 Å². The van der Waals surface area contributed by atoms with E-state index in [1.807, 2.05) is 13.8 Å². The van der Waals surface area contributed by atoms with Crippen LogP contribution in [0.4, 0.5) is 5.69 Å². The number of nitrogens with one attached hydrogen (secondary N) is 1. The maximum absolute atomic E-state index is 12.5. The molecule has 0 unspecified atom stereocenters. The molecule has 3 rings (SSSR count). The number of benzene rings is 1. The van der Waals surface area contributed by atoms with Crippen LogP contribution in [0.1, 0.15) is 48.0 Å². The lowest BCUT2D eigenvalue weighted by molar-refractivity contribution is -0.117. The van der Waals surface area contributed by atoms with Crippen LogP contribution in [-0.2, 0) is 4.79 Å². The zero-order valence-electron chi connectivity index (χ0n) is 16.0. The van der Waals surface area contributed by atoms with Gasteiger partial charge < -0.3 is 10.2 Å². The molecule has 1 aliphatic heterocycles. The Bertz CT molecular complexity index is 754. The summed E-state index contributed by atoms with van der Waals surface area (Å²) in [6.45, 7) is 6.66. The topological polar surface area (TPSA) is 52.7 Å². The summed E-state index contributed by atoms with van der Waals surface area (Å²) in [6.07, 6.45) is 2.23. The van der Waals surface area contributed by atoms with Crippen molar-refractivity contribution < 1.29 is 9.59 Å². The zero-order chi connectivity index (χ0) is 19.2. The molecule has 5 nitrogen and oxygen atoms in total. The van der Waals surface area contributed by atoms with Crippen molar-refractivity contribution in [1.29, 1.82) is 0 Å². The first-order valence-corrected chi connectivity index (χ1v) is 10.5. The lowest BCUT2D eigenvalue weighted by Crippen LogP contribution is -2.32. The Morgan fingerprint density at radius 3 is 2.56 bits per heavy atom. The Balaban J connectivity index is 1.57. The van der Waals surface area contributed by atoms with Crippen LogP contribution in [0, 0.1) is 0 Å². The van der Waals surface area contributed by atoms with Crippen LogP contribution < -0.4 is 5.32 Å². The fraction of sp³-hybridized carbons (Fsp3) is 0.429. The monoisotopic (exact) mass is 385 g/mol. The van der Waals surface area contributed by atoms with E-state index in [2.05, 4.69) is 27.7 Å². The summed E-state index contributed by atoms with van der Waals surface area (Å²) in [5, 5.41) is 5.05. The van der Waals surface area contributed by atoms with Gasteiger partial charge in [0.25, 0.3) is 5.91 Å². The lowest BCUT2D eigenvalue weighted by Gasteiger charge is -2.23. The molecule has 0 saturated carbocycles. The minimum Gasteiger partial charge on any atom is -0.339 e. The molecule has 1 saturated heterocycles. The molecule has 1 atom stereocenters. The third kappa shape index (κ3) is 4.76. The molecule has 0 bridgehead atoms. The minimum atomic E-state index is -0.0127. The van der Waals surface area contributed by atoms with E-state index in [-0.39, 0.29) is 11.8 Å². The van der Waals surface area contributed by atoms with Gasteiger partial charge in [-0.3, -0.25) is 14.5 Å². The van der Waals surface area contributed by atoms with Gasteiger partial charge in [0.05, 0.1) is 6.54 Å². The van der Waals surface area contributed by atoms with Crippen LogP contribution in [0.2, 0.25) is 0 Å². The summed E-state index contributed by atoms with van der Waals surface area (Å²) in [5.74, 6) is 0.00927. The van der Waals surface area contributed by atoms with Crippen molar-refractivity contribution in [3.8, 4) is 0 Å². The van der Waals surface area contributed by atoms with Gasteiger partial charge in [-0.1, -0.05) is 6.07 Å². The summed E-state index contributed by atoms with van der Waals surface area (Å²) >= 11 is 1.76. The summed E-state index contributed by atoms with van der Waals surface area (Å²) in [5.41, 5.74) is 1.37. The summed E-state index contributed by atoms with van der Waals surface area (Å²) in [6, 6.07) is 11.7. The predicted octanol–water partition coefficient (Wildman–Crippen LogP) is 4.01. The van der Waals surface area contributed by atoms with Gasteiger partial charge in [0.2, 0.25) is 5.91 Å². The minimum absolute atomic E-state index is 0.0127. The molecule has 1 aliphatic rings. The number of thiophene rings is 1. The van der Waals surface area contributed by atoms with E-state index in [9.17, 15) is 9.59 Å². The average Bonchev–Trinajstić information content (AvgIpc) is 3.34. The number of carbonyl (C=O) groups is 2. The Labute approximate surface area is 165 Å². The van der Waals surface area contributed by atoms with Gasteiger partial charge >= 0.3 is 0 Å². The van der Waals surface area contributed by atoms with Gasteiger partial charge in [0.1, 0.15) is 0 Å². The molecule has 27 heavy (non-hydrogen) atoms. The molecule has 2 aromatic rings. The maximum Gasteiger partial charge on any atom is 0.253 e. The van der Waals surface area contributed by atoms with Crippen molar-refractivity contribution in [2.75, 3.05) is 31.5 Å². The van der Waals surface area contributed by atoms with E-state index in [1.165, 1.54) is 4.88 Å². The Morgan fingerprint density at radius 2 is 1.93 bits per heavy atom. The second-order valence-corrected chi connectivity index (χ2v) is 7.73. The fourth-order valence-corrected chi connectivity index (χ4v) is 4.49. The highest BCUT2D eigenvalue weighted by atomic mass is 32.1. The van der Waals surface area contributed by atoms with Crippen LogP contribution in [-0.4, -0.2) is 47.8 Å². The van der Waals surface area contributed by atoms with E-state index in [0.29, 0.717) is 31.2 Å². The number of likely N-dealkylation sites (tertiary alicyclic amines) is 1. The van der Waals surface area contributed by atoms with E-state index < -0.39 is 0 Å². The van der Waals surface area contributed by atoms with Crippen molar-refractivity contribution in [3.63, 3.8) is 0 Å². The quantitative estimate of drug-likeness (QED) is 0.784. The molecule has 1 fully saturated rings. The Hall–Kier alpha value is -2.18. The molecule has 1 aromatic carbocycles. The number of anilines is 1. The number of amides is 2. The lowest BCUT2D eigenvalue weighted by atomic mass is 10.1. The maximum atomic E-state index is 12.5. The molecule has 0 aliphatic carbocycles. The number of rotatable bonds is 7. The normalized spacial score (nSPS) is 17.0. The van der Waals surface area contributed by atoms with Crippen molar-refractivity contribution in [3.05, 3.63) is 52.2 Å². The molecule has 0 spiro atoms. The van der Waals surface area contributed by atoms with Crippen LogP contribution in [0.3, 0.4) is 0 Å². The van der Waals surface area contributed by atoms with Crippen LogP contribution in [0.15, 0.2) is 41.8 Å². The van der Waals surface area contributed by atoms with Crippen molar-refractivity contribution in [2.24, 2.45) is 0 Å². The highest BCUT2D eigenvalue weighted by Gasteiger charge is 2.28. The summed E-state index contributed by atoms with van der Waals surface area (Å²) in [7, 11) is 0. The average molecular weight is 386 g/mol. The largest absolute Gasteiger partial charge is 0.339 e. The molecular formula is C21H27N3O2S. The van der Waals surface area contributed by atoms with Gasteiger partial charge in [-0.25, -0.2) is 0 Å². The first-order chi connectivity index (χ1) is 13.1. The number of hydrogen-bond acceptors (Lipinski definition) is 4. The molecule has 1 aromatic heterocycles. The van der Waals surface area contributed by atoms with Crippen molar-refractivity contribution in [2.45, 2.75) is 32.7 Å². The Kier molecular flexibility index (Phi) is 6.63. The number of carbonyl (C=O) groups excluding carboxylic acids is 2. The number of nitrogens with zero attached hydrogens (tertiary/aromatic N) is 2. The fourth-order valence-electron chi connectivity index (χ4n) is 3.59. The van der Waals surface area contributed by atoms with Crippen LogP contribution >= 0.6 is 11.3 Å². The molecule has 1 N–H and O–H groups in total. The van der Waals surface area contributed by atoms with Crippen LogP contribution in [0.5, 0.6) is 0 Å². The Morgan fingerprint density at radius 1 is 1.19 bits per heavy atom. The molecule has 0 radical (unpaired) electrons. The molecule has 2 heterocycles. The second-order valence-electron chi connectivity index (χ2n) is 6.75. The van der Waals surface area contributed by atoms with Gasteiger partial charge in [-0.15, -0.1) is 11.3 Å². The van der Waals surface area contributed by atoms with Crippen molar-refractivity contribution >= 4 is 28.8 Å². The first-order valence-electron chi connectivity index (χ1n) is 9.59. The van der Waals surface area contributed by atoms with Gasteiger partial charge in [-0.2, -0.15) is 0 Å². The smallest absolute Gasteiger partial charge is 0.253 e. The van der Waals surface area contributed by atoms with Crippen molar-refractivity contribution in [1.82, 2.24) is 9.80 Å². The van der Waals surface area contributed by atoms with Gasteiger partial charge in [0.15, 0.2) is 0 Å². The molecule has 6 heteroatoms. The third-order valence-electron chi connectivity index (χ3n) is 5.05. The predicted molar refractivity (Wildman–Crippen MR) is 110 cm³/mol. The SMILES string of the molecule is CCN(CC)C(=O)c1ccc(NC(=O)CN2CCC[C@H]2c2cccs2)cc1.